The molecule has 4 heteroatoms. The van der Waals surface area contributed by atoms with Crippen LogP contribution in [0, 0.1) is 0 Å². The topological polar surface area (TPSA) is 38.8 Å². The Morgan fingerprint density at radius 2 is 1.75 bits per heavy atom. The lowest BCUT2D eigenvalue weighted by molar-refractivity contribution is 0.0600. The molecule has 0 saturated carbocycles. The van der Waals surface area contributed by atoms with Crippen molar-refractivity contribution in [2.45, 2.75) is 5.72 Å². The predicted octanol–water partition coefficient (Wildman–Crippen LogP) is 4.85. The molecule has 0 fully saturated rings. The SMILES string of the molecule is COC(=O)c1ccc2c(c1)C=C[C@@]1(O2)c2ccccc2-c2ccccc2N1C. The summed E-state index contributed by atoms with van der Waals surface area (Å²) >= 11 is 0. The van der Waals surface area contributed by atoms with E-state index in [1.807, 2.05) is 31.3 Å². The summed E-state index contributed by atoms with van der Waals surface area (Å²) in [4.78, 5) is 14.0. The number of nitrogens with zero attached hydrogens (tertiary/aromatic N) is 1. The first-order chi connectivity index (χ1) is 13.6. The monoisotopic (exact) mass is 369 g/mol. The molecule has 0 aromatic heterocycles. The molecule has 1 atom stereocenters. The quantitative estimate of drug-likeness (QED) is 0.575. The molecule has 0 radical (unpaired) electrons. The summed E-state index contributed by atoms with van der Waals surface area (Å²) in [5.74, 6) is 0.377. The average Bonchev–Trinajstić information content (AvgIpc) is 2.76. The van der Waals surface area contributed by atoms with Crippen LogP contribution in [0.3, 0.4) is 0 Å². The highest BCUT2D eigenvalue weighted by Crippen LogP contribution is 2.50. The van der Waals surface area contributed by atoms with Crippen LogP contribution in [0.4, 0.5) is 5.69 Å². The van der Waals surface area contributed by atoms with Crippen molar-refractivity contribution in [3.05, 3.63) is 89.5 Å². The number of carbonyl (C=O) groups is 1. The van der Waals surface area contributed by atoms with Crippen LogP contribution in [-0.2, 0) is 10.5 Å². The Kier molecular flexibility index (Phi) is 3.56. The molecule has 0 amide bonds. The first-order valence-electron chi connectivity index (χ1n) is 9.17. The van der Waals surface area contributed by atoms with Gasteiger partial charge in [-0.15, -0.1) is 0 Å². The van der Waals surface area contributed by atoms with Crippen LogP contribution in [0.5, 0.6) is 5.75 Å². The van der Waals surface area contributed by atoms with Gasteiger partial charge in [-0.1, -0.05) is 42.5 Å². The summed E-state index contributed by atoms with van der Waals surface area (Å²) in [6.07, 6.45) is 4.08. The molecule has 3 aromatic carbocycles. The predicted molar refractivity (Wildman–Crippen MR) is 109 cm³/mol. The third kappa shape index (κ3) is 2.21. The second-order valence-corrected chi connectivity index (χ2v) is 7.00. The maximum Gasteiger partial charge on any atom is 0.337 e. The minimum absolute atomic E-state index is 0.356. The molecule has 138 valence electrons. The van der Waals surface area contributed by atoms with E-state index in [1.54, 1.807) is 12.1 Å². The number of likely N-dealkylation sites (N-methyl/N-ethyl adjacent to an activating group) is 1. The number of fused-ring (bicyclic) bond motifs is 5. The van der Waals surface area contributed by atoms with E-state index in [0.29, 0.717) is 5.56 Å². The zero-order chi connectivity index (χ0) is 19.3. The summed E-state index contributed by atoms with van der Waals surface area (Å²) in [6.45, 7) is 0. The fourth-order valence-corrected chi connectivity index (χ4v) is 4.13. The van der Waals surface area contributed by atoms with E-state index >= 15 is 0 Å². The second kappa shape index (κ2) is 5.99. The number of hydrogen-bond donors (Lipinski definition) is 0. The van der Waals surface area contributed by atoms with Gasteiger partial charge in [0.2, 0.25) is 5.72 Å². The lowest BCUT2D eigenvalue weighted by Crippen LogP contribution is -2.50. The first-order valence-corrected chi connectivity index (χ1v) is 9.17. The van der Waals surface area contributed by atoms with Crippen LogP contribution in [0.15, 0.2) is 72.8 Å². The molecule has 0 unspecified atom stereocenters. The number of methoxy groups -OCH3 is 1. The van der Waals surface area contributed by atoms with Crippen LogP contribution in [0.1, 0.15) is 21.5 Å². The number of para-hydroxylation sites is 1. The maximum atomic E-state index is 11.9. The smallest absolute Gasteiger partial charge is 0.337 e. The van der Waals surface area contributed by atoms with Crippen LogP contribution < -0.4 is 9.64 Å². The van der Waals surface area contributed by atoms with E-state index in [1.165, 1.54) is 12.7 Å². The fraction of sp³-hybridized carbons (Fsp3) is 0.125. The van der Waals surface area contributed by atoms with Crippen molar-refractivity contribution in [3.8, 4) is 16.9 Å². The average molecular weight is 369 g/mol. The Balaban J connectivity index is 1.68. The Bertz CT molecular complexity index is 1130. The number of anilines is 1. The van der Waals surface area contributed by atoms with E-state index in [9.17, 15) is 4.79 Å². The summed E-state index contributed by atoms with van der Waals surface area (Å²) in [5.41, 5.74) is 5.18. The van der Waals surface area contributed by atoms with E-state index in [2.05, 4.69) is 47.4 Å². The number of rotatable bonds is 1. The third-order valence-electron chi connectivity index (χ3n) is 5.55. The summed E-state index contributed by atoms with van der Waals surface area (Å²) < 4.78 is 11.4. The summed E-state index contributed by atoms with van der Waals surface area (Å²) in [6, 6.07) is 22.1. The third-order valence-corrected chi connectivity index (χ3v) is 5.55. The molecule has 0 N–H and O–H groups in total. The van der Waals surface area contributed by atoms with Crippen molar-refractivity contribution in [2.75, 3.05) is 19.1 Å². The van der Waals surface area contributed by atoms with Crippen LogP contribution in [0.25, 0.3) is 17.2 Å². The molecular weight excluding hydrogens is 350 g/mol. The molecular formula is C24H19NO3. The molecule has 2 heterocycles. The molecule has 5 rings (SSSR count). The van der Waals surface area contributed by atoms with E-state index in [-0.39, 0.29) is 5.97 Å². The second-order valence-electron chi connectivity index (χ2n) is 7.00. The van der Waals surface area contributed by atoms with Crippen molar-refractivity contribution < 1.29 is 14.3 Å². The van der Waals surface area contributed by atoms with Crippen molar-refractivity contribution in [2.24, 2.45) is 0 Å². The molecule has 2 aliphatic rings. The normalized spacial score (nSPS) is 18.7. The maximum absolute atomic E-state index is 11.9. The van der Waals surface area contributed by atoms with Gasteiger partial charge in [0.15, 0.2) is 0 Å². The Morgan fingerprint density at radius 1 is 1.00 bits per heavy atom. The number of hydrogen-bond acceptors (Lipinski definition) is 4. The highest BCUT2D eigenvalue weighted by atomic mass is 16.5. The van der Waals surface area contributed by atoms with Gasteiger partial charge in [0.25, 0.3) is 0 Å². The van der Waals surface area contributed by atoms with Gasteiger partial charge in [-0.25, -0.2) is 4.79 Å². The van der Waals surface area contributed by atoms with Gasteiger partial charge in [0.05, 0.1) is 12.7 Å². The van der Waals surface area contributed by atoms with Crippen molar-refractivity contribution in [1.29, 1.82) is 0 Å². The highest BCUT2D eigenvalue weighted by molar-refractivity contribution is 5.91. The molecule has 1 spiro atoms. The molecule has 0 bridgehead atoms. The first kappa shape index (κ1) is 16.6. The van der Waals surface area contributed by atoms with E-state index in [0.717, 1.165) is 28.1 Å². The van der Waals surface area contributed by atoms with Crippen LogP contribution in [-0.4, -0.2) is 20.1 Å². The zero-order valence-corrected chi connectivity index (χ0v) is 15.7. The fourth-order valence-electron chi connectivity index (χ4n) is 4.13. The Morgan fingerprint density at radius 3 is 2.57 bits per heavy atom. The standard InChI is InChI=1S/C24H19NO3/c1-25-21-10-6-4-8-19(21)18-7-3-5-9-20(18)24(25)14-13-16-15-17(23(26)27-2)11-12-22(16)28-24/h3-15H,1-2H3/t24-/m1/s1. The largest absolute Gasteiger partial charge is 0.465 e. The van der Waals surface area contributed by atoms with Gasteiger partial charge in [-0.2, -0.15) is 0 Å². The Labute approximate surface area is 163 Å². The van der Waals surface area contributed by atoms with Crippen molar-refractivity contribution in [3.63, 3.8) is 0 Å². The minimum atomic E-state index is -0.745. The number of benzene rings is 3. The molecule has 2 aliphatic heterocycles. The summed E-state index contributed by atoms with van der Waals surface area (Å²) in [7, 11) is 3.43. The van der Waals surface area contributed by atoms with E-state index < -0.39 is 5.72 Å². The number of carbonyl (C=O) groups excluding carboxylic acids is 1. The number of esters is 1. The van der Waals surface area contributed by atoms with E-state index in [4.69, 9.17) is 9.47 Å². The number of ether oxygens (including phenoxy) is 2. The molecule has 0 aliphatic carbocycles. The van der Waals surface area contributed by atoms with Gasteiger partial charge in [0, 0.05) is 29.4 Å². The molecule has 28 heavy (non-hydrogen) atoms. The highest BCUT2D eigenvalue weighted by Gasteiger charge is 2.44. The van der Waals surface area contributed by atoms with Crippen LogP contribution in [0.2, 0.25) is 0 Å². The van der Waals surface area contributed by atoms with Gasteiger partial charge < -0.3 is 14.4 Å². The van der Waals surface area contributed by atoms with Crippen molar-refractivity contribution >= 4 is 17.7 Å². The van der Waals surface area contributed by atoms with Gasteiger partial charge in [-0.3, -0.25) is 0 Å². The zero-order valence-electron chi connectivity index (χ0n) is 15.7. The Hall–Kier alpha value is -3.53. The van der Waals surface area contributed by atoms with Gasteiger partial charge >= 0.3 is 5.97 Å². The lowest BCUT2D eigenvalue weighted by atomic mass is 9.84. The van der Waals surface area contributed by atoms with Gasteiger partial charge in [0.1, 0.15) is 5.75 Å². The molecule has 0 saturated heterocycles. The minimum Gasteiger partial charge on any atom is -0.465 e. The molecule has 3 aromatic rings. The lowest BCUT2D eigenvalue weighted by Gasteiger charge is -2.47. The summed E-state index contributed by atoms with van der Waals surface area (Å²) in [5, 5.41) is 0. The van der Waals surface area contributed by atoms with Crippen molar-refractivity contribution in [1.82, 2.24) is 0 Å². The van der Waals surface area contributed by atoms with Gasteiger partial charge in [-0.05, 0) is 42.0 Å². The van der Waals surface area contributed by atoms with Crippen LogP contribution >= 0.6 is 0 Å². The molecule has 4 nitrogen and oxygen atoms in total.